The van der Waals surface area contributed by atoms with Gasteiger partial charge in [0.2, 0.25) is 0 Å². The van der Waals surface area contributed by atoms with Crippen LogP contribution in [0.5, 0.6) is 0 Å². The Morgan fingerprint density at radius 2 is 2.21 bits per heavy atom. The molecule has 0 atom stereocenters. The van der Waals surface area contributed by atoms with Crippen molar-refractivity contribution >= 4 is 5.69 Å². The third-order valence-corrected chi connectivity index (χ3v) is 1.83. The van der Waals surface area contributed by atoms with Crippen LogP contribution >= 0.6 is 0 Å². The molecule has 5 nitrogen and oxygen atoms in total. The summed E-state index contributed by atoms with van der Waals surface area (Å²) in [6, 6.07) is 4.83. The van der Waals surface area contributed by atoms with E-state index >= 15 is 0 Å². The Morgan fingerprint density at radius 3 is 2.71 bits per heavy atom. The van der Waals surface area contributed by atoms with Crippen LogP contribution in [0.4, 0.5) is 5.69 Å². The predicted molar refractivity (Wildman–Crippen MR) is 51.1 cm³/mol. The molecule has 1 aromatic rings. The van der Waals surface area contributed by atoms with Gasteiger partial charge in [-0.1, -0.05) is 11.6 Å². The van der Waals surface area contributed by atoms with E-state index in [4.69, 9.17) is 5.21 Å². The standard InChI is InChI=1S/C9H12N2O3/c1-7-3-4-9(11(13)14)8(5-7)6-10(2)12/h3-5,12H,6H2,1-2H3. The van der Waals surface area contributed by atoms with Gasteiger partial charge in [0, 0.05) is 18.7 Å². The molecule has 0 fully saturated rings. The Balaban J connectivity index is 3.09. The van der Waals surface area contributed by atoms with Gasteiger partial charge >= 0.3 is 0 Å². The van der Waals surface area contributed by atoms with Gasteiger partial charge in [0.25, 0.3) is 5.69 Å². The van der Waals surface area contributed by atoms with Crippen molar-refractivity contribution in [3.8, 4) is 0 Å². The monoisotopic (exact) mass is 196 g/mol. The smallest absolute Gasteiger partial charge is 0.273 e. The molecule has 5 heteroatoms. The number of hydrogen-bond acceptors (Lipinski definition) is 4. The summed E-state index contributed by atoms with van der Waals surface area (Å²) in [6.45, 7) is 2.00. The Bertz CT molecular complexity index is 350. The summed E-state index contributed by atoms with van der Waals surface area (Å²) in [5.74, 6) is 0. The van der Waals surface area contributed by atoms with Crippen LogP contribution in [-0.4, -0.2) is 22.2 Å². The number of hydroxylamine groups is 2. The van der Waals surface area contributed by atoms with Crippen LogP contribution < -0.4 is 0 Å². The number of nitro benzene ring substituents is 1. The maximum atomic E-state index is 10.6. The molecule has 0 bridgehead atoms. The number of benzene rings is 1. The SMILES string of the molecule is Cc1ccc([N+](=O)[O-])c(CN(C)O)c1. The van der Waals surface area contributed by atoms with E-state index in [2.05, 4.69) is 0 Å². The topological polar surface area (TPSA) is 66.6 Å². The minimum absolute atomic E-state index is 0.0384. The minimum Gasteiger partial charge on any atom is -0.314 e. The fourth-order valence-corrected chi connectivity index (χ4v) is 1.27. The molecule has 0 amide bonds. The Hall–Kier alpha value is -1.46. The predicted octanol–water partition coefficient (Wildman–Crippen LogP) is 1.72. The molecule has 0 aliphatic rings. The highest BCUT2D eigenvalue weighted by atomic mass is 16.6. The van der Waals surface area contributed by atoms with Crippen molar-refractivity contribution in [2.75, 3.05) is 7.05 Å². The maximum Gasteiger partial charge on any atom is 0.273 e. The molecule has 0 aliphatic heterocycles. The van der Waals surface area contributed by atoms with Gasteiger partial charge in [0.05, 0.1) is 11.5 Å². The van der Waals surface area contributed by atoms with Crippen LogP contribution in [0.3, 0.4) is 0 Å². The van der Waals surface area contributed by atoms with E-state index in [0.717, 1.165) is 10.6 Å². The molecular weight excluding hydrogens is 184 g/mol. The van der Waals surface area contributed by atoms with Crippen LogP contribution in [0.25, 0.3) is 0 Å². The quantitative estimate of drug-likeness (QED) is 0.590. The van der Waals surface area contributed by atoms with Gasteiger partial charge in [-0.3, -0.25) is 10.1 Å². The molecule has 0 heterocycles. The lowest BCUT2D eigenvalue weighted by Gasteiger charge is -2.08. The summed E-state index contributed by atoms with van der Waals surface area (Å²) >= 11 is 0. The van der Waals surface area contributed by atoms with E-state index in [-0.39, 0.29) is 12.2 Å². The zero-order valence-electron chi connectivity index (χ0n) is 8.10. The fourth-order valence-electron chi connectivity index (χ4n) is 1.27. The summed E-state index contributed by atoms with van der Waals surface area (Å²) in [5, 5.41) is 20.6. The summed E-state index contributed by atoms with van der Waals surface area (Å²) in [4.78, 5) is 10.2. The van der Waals surface area contributed by atoms with Crippen LogP contribution in [-0.2, 0) is 6.54 Å². The summed E-state index contributed by atoms with van der Waals surface area (Å²) in [5.41, 5.74) is 1.49. The summed E-state index contributed by atoms with van der Waals surface area (Å²) in [7, 11) is 1.45. The molecule has 0 saturated carbocycles. The number of nitrogens with zero attached hydrogens (tertiary/aromatic N) is 2. The van der Waals surface area contributed by atoms with E-state index in [1.165, 1.54) is 13.1 Å². The molecule has 0 radical (unpaired) electrons. The third-order valence-electron chi connectivity index (χ3n) is 1.83. The average molecular weight is 196 g/mol. The zero-order valence-corrected chi connectivity index (χ0v) is 8.10. The van der Waals surface area contributed by atoms with Crippen LogP contribution in [0.2, 0.25) is 0 Å². The number of aryl methyl sites for hydroxylation is 1. The van der Waals surface area contributed by atoms with E-state index in [1.807, 2.05) is 6.92 Å². The van der Waals surface area contributed by atoms with Gasteiger partial charge in [0.15, 0.2) is 0 Å². The van der Waals surface area contributed by atoms with E-state index in [9.17, 15) is 10.1 Å². The van der Waals surface area contributed by atoms with Gasteiger partial charge in [-0.05, 0) is 13.0 Å². The lowest BCUT2D eigenvalue weighted by Crippen LogP contribution is -2.13. The van der Waals surface area contributed by atoms with Crippen molar-refractivity contribution in [1.29, 1.82) is 0 Å². The van der Waals surface area contributed by atoms with Crippen LogP contribution in [0, 0.1) is 17.0 Å². The molecular formula is C9H12N2O3. The highest BCUT2D eigenvalue weighted by Crippen LogP contribution is 2.20. The summed E-state index contributed by atoms with van der Waals surface area (Å²) < 4.78 is 0. The Labute approximate surface area is 81.7 Å². The highest BCUT2D eigenvalue weighted by Gasteiger charge is 2.13. The van der Waals surface area contributed by atoms with Gasteiger partial charge in [-0.25, -0.2) is 0 Å². The van der Waals surface area contributed by atoms with Crippen molar-refractivity contribution in [3.63, 3.8) is 0 Å². The Kier molecular flexibility index (Phi) is 3.16. The summed E-state index contributed by atoms with van der Waals surface area (Å²) in [6.07, 6.45) is 0. The second-order valence-corrected chi connectivity index (χ2v) is 3.21. The second-order valence-electron chi connectivity index (χ2n) is 3.21. The number of rotatable bonds is 3. The van der Waals surface area contributed by atoms with Crippen molar-refractivity contribution in [2.45, 2.75) is 13.5 Å². The number of hydrogen-bond donors (Lipinski definition) is 1. The molecule has 1 N–H and O–H groups in total. The fraction of sp³-hybridized carbons (Fsp3) is 0.333. The highest BCUT2D eigenvalue weighted by molar-refractivity contribution is 5.42. The molecule has 0 unspecified atom stereocenters. The van der Waals surface area contributed by atoms with Crippen LogP contribution in [0.15, 0.2) is 18.2 Å². The molecule has 1 rings (SSSR count). The molecule has 0 saturated heterocycles. The van der Waals surface area contributed by atoms with E-state index < -0.39 is 4.92 Å². The normalized spacial score (nSPS) is 10.6. The molecule has 0 aliphatic carbocycles. The van der Waals surface area contributed by atoms with Gasteiger partial charge in [-0.15, -0.1) is 0 Å². The average Bonchev–Trinajstić information content (AvgIpc) is 2.01. The van der Waals surface area contributed by atoms with Gasteiger partial charge in [0.1, 0.15) is 0 Å². The first-order valence-corrected chi connectivity index (χ1v) is 4.14. The second kappa shape index (κ2) is 4.17. The van der Waals surface area contributed by atoms with Crippen molar-refractivity contribution in [2.24, 2.45) is 0 Å². The molecule has 1 aromatic carbocycles. The van der Waals surface area contributed by atoms with Gasteiger partial charge < -0.3 is 5.21 Å². The largest absolute Gasteiger partial charge is 0.314 e. The molecule has 0 spiro atoms. The third kappa shape index (κ3) is 2.51. The first-order valence-electron chi connectivity index (χ1n) is 4.14. The van der Waals surface area contributed by atoms with Crippen molar-refractivity contribution in [1.82, 2.24) is 5.06 Å². The lowest BCUT2D eigenvalue weighted by molar-refractivity contribution is -0.386. The van der Waals surface area contributed by atoms with Crippen LogP contribution in [0.1, 0.15) is 11.1 Å². The molecule has 14 heavy (non-hydrogen) atoms. The van der Waals surface area contributed by atoms with E-state index in [1.54, 1.807) is 12.1 Å². The van der Waals surface area contributed by atoms with Crippen molar-refractivity contribution < 1.29 is 10.1 Å². The zero-order chi connectivity index (χ0) is 10.7. The maximum absolute atomic E-state index is 10.6. The number of nitro groups is 1. The first-order chi connectivity index (χ1) is 6.50. The Morgan fingerprint density at radius 1 is 1.57 bits per heavy atom. The minimum atomic E-state index is -0.446. The van der Waals surface area contributed by atoms with Gasteiger partial charge in [-0.2, -0.15) is 5.06 Å². The van der Waals surface area contributed by atoms with Crippen molar-refractivity contribution in [3.05, 3.63) is 39.4 Å². The lowest BCUT2D eigenvalue weighted by atomic mass is 10.1. The first kappa shape index (κ1) is 10.6. The molecule has 0 aromatic heterocycles. The molecule has 76 valence electrons. The van der Waals surface area contributed by atoms with E-state index in [0.29, 0.717) is 5.56 Å².